The second-order valence-electron chi connectivity index (χ2n) is 6.81. The fourth-order valence-corrected chi connectivity index (χ4v) is 2.91. The van der Waals surface area contributed by atoms with Crippen molar-refractivity contribution in [2.75, 3.05) is 18.5 Å². The quantitative estimate of drug-likeness (QED) is 0.526. The molecule has 2 aromatic rings. The number of benzene rings is 2. The molecule has 2 rings (SSSR count). The Kier molecular flexibility index (Phi) is 7.81. The Morgan fingerprint density at radius 2 is 1.82 bits per heavy atom. The second kappa shape index (κ2) is 10.1. The van der Waals surface area contributed by atoms with Gasteiger partial charge in [-0.1, -0.05) is 6.07 Å². The Morgan fingerprint density at radius 1 is 1.07 bits per heavy atom. The van der Waals surface area contributed by atoms with Gasteiger partial charge in [0.15, 0.2) is 5.11 Å². The average Bonchev–Trinajstić information content (AvgIpc) is 2.64. The smallest absolute Gasteiger partial charge is 0.338 e. The largest absolute Gasteiger partial charge is 0.491 e. The molecular formula is C22H28N2O3S. The van der Waals surface area contributed by atoms with Crippen molar-refractivity contribution in [3.05, 3.63) is 58.7 Å². The van der Waals surface area contributed by atoms with Gasteiger partial charge in [0.1, 0.15) is 12.4 Å². The summed E-state index contributed by atoms with van der Waals surface area (Å²) in [6.07, 6.45) is 0. The van der Waals surface area contributed by atoms with Crippen LogP contribution in [0.5, 0.6) is 5.75 Å². The fraction of sp³-hybridized carbons (Fsp3) is 0.364. The number of carbonyl (C=O) groups excluding carboxylic acids is 1. The lowest BCUT2D eigenvalue weighted by Gasteiger charge is -2.19. The van der Waals surface area contributed by atoms with Gasteiger partial charge in [0.05, 0.1) is 18.2 Å². The molecule has 5 nitrogen and oxygen atoms in total. The molecular weight excluding hydrogens is 372 g/mol. The van der Waals surface area contributed by atoms with E-state index in [4.69, 9.17) is 21.7 Å². The van der Waals surface area contributed by atoms with Crippen LogP contribution in [0.2, 0.25) is 0 Å². The lowest BCUT2D eigenvalue weighted by Crippen LogP contribution is -2.39. The summed E-state index contributed by atoms with van der Waals surface area (Å²) < 4.78 is 10.9. The number of hydrogen-bond acceptors (Lipinski definition) is 4. The zero-order valence-electron chi connectivity index (χ0n) is 17.1. The van der Waals surface area contributed by atoms with Crippen LogP contribution in [-0.4, -0.2) is 30.3 Å². The van der Waals surface area contributed by atoms with Crippen molar-refractivity contribution in [2.45, 2.75) is 40.7 Å². The first-order valence-corrected chi connectivity index (χ1v) is 9.76. The molecule has 0 saturated heterocycles. The van der Waals surface area contributed by atoms with Crippen LogP contribution in [0.4, 0.5) is 5.69 Å². The van der Waals surface area contributed by atoms with Gasteiger partial charge in [-0.2, -0.15) is 0 Å². The van der Waals surface area contributed by atoms with Gasteiger partial charge in [-0.05, 0) is 93.9 Å². The number of thiocarbonyl (C=S) groups is 1. The molecule has 1 atom stereocenters. The van der Waals surface area contributed by atoms with E-state index in [1.807, 2.05) is 32.0 Å². The van der Waals surface area contributed by atoms with E-state index in [1.54, 1.807) is 19.1 Å². The number of ether oxygens (including phenoxy) is 2. The summed E-state index contributed by atoms with van der Waals surface area (Å²) in [5.41, 5.74) is 4.73. The number of esters is 1. The molecule has 0 aliphatic carbocycles. The van der Waals surface area contributed by atoms with Crippen molar-refractivity contribution in [3.63, 3.8) is 0 Å². The average molecular weight is 401 g/mol. The van der Waals surface area contributed by atoms with Gasteiger partial charge < -0.3 is 20.1 Å². The minimum absolute atomic E-state index is 0.0284. The van der Waals surface area contributed by atoms with Crippen molar-refractivity contribution in [1.29, 1.82) is 0 Å². The summed E-state index contributed by atoms with van der Waals surface area (Å²) in [5.74, 6) is 0.524. The predicted molar refractivity (Wildman–Crippen MR) is 117 cm³/mol. The van der Waals surface area contributed by atoms with Crippen LogP contribution >= 0.6 is 12.2 Å². The maximum atomic E-state index is 11.8. The Balaban J connectivity index is 1.87. The molecule has 0 saturated carbocycles. The first-order chi connectivity index (χ1) is 13.3. The minimum Gasteiger partial charge on any atom is -0.491 e. The van der Waals surface area contributed by atoms with E-state index in [-0.39, 0.29) is 12.0 Å². The lowest BCUT2D eigenvalue weighted by atomic mass is 10.1. The molecule has 2 N–H and O–H groups in total. The summed E-state index contributed by atoms with van der Waals surface area (Å²) >= 11 is 5.40. The highest BCUT2D eigenvalue weighted by Crippen LogP contribution is 2.18. The van der Waals surface area contributed by atoms with Gasteiger partial charge in [0.25, 0.3) is 0 Å². The summed E-state index contributed by atoms with van der Waals surface area (Å²) in [7, 11) is 0. The normalized spacial score (nSPS) is 11.5. The summed E-state index contributed by atoms with van der Waals surface area (Å²) in [4.78, 5) is 11.8. The molecule has 0 spiro atoms. The third kappa shape index (κ3) is 6.23. The molecule has 0 unspecified atom stereocenters. The molecule has 0 aliphatic rings. The monoisotopic (exact) mass is 400 g/mol. The summed E-state index contributed by atoms with van der Waals surface area (Å²) in [6.45, 7) is 10.7. The van der Waals surface area contributed by atoms with Crippen molar-refractivity contribution >= 4 is 29.0 Å². The molecule has 0 aromatic heterocycles. The molecule has 0 heterocycles. The number of aryl methyl sites for hydroxylation is 3. The highest BCUT2D eigenvalue weighted by Gasteiger charge is 2.11. The molecule has 0 amide bonds. The second-order valence-corrected chi connectivity index (χ2v) is 7.21. The maximum Gasteiger partial charge on any atom is 0.338 e. The zero-order chi connectivity index (χ0) is 20.7. The lowest BCUT2D eigenvalue weighted by molar-refractivity contribution is 0.0526. The predicted octanol–water partition coefficient (Wildman–Crippen LogP) is 4.54. The molecule has 0 bridgehead atoms. The van der Waals surface area contributed by atoms with Crippen LogP contribution < -0.4 is 15.4 Å². The maximum absolute atomic E-state index is 11.8. The highest BCUT2D eigenvalue weighted by molar-refractivity contribution is 7.80. The van der Waals surface area contributed by atoms with E-state index in [0.717, 1.165) is 17.0 Å². The SMILES string of the molecule is CCOC(=O)c1ccc(NC(=S)N[C@H](C)COc2ccc(C)c(C)c2)c(C)c1. The van der Waals surface area contributed by atoms with E-state index in [9.17, 15) is 4.79 Å². The van der Waals surface area contributed by atoms with Gasteiger partial charge in [-0.15, -0.1) is 0 Å². The van der Waals surface area contributed by atoms with Crippen LogP contribution in [0.3, 0.4) is 0 Å². The Bertz CT molecular complexity index is 852. The van der Waals surface area contributed by atoms with Crippen LogP contribution in [0, 0.1) is 20.8 Å². The van der Waals surface area contributed by atoms with Crippen LogP contribution in [-0.2, 0) is 4.74 Å². The Hall–Kier alpha value is -2.60. The molecule has 0 fully saturated rings. The van der Waals surface area contributed by atoms with Gasteiger partial charge in [0.2, 0.25) is 0 Å². The third-order valence-electron chi connectivity index (χ3n) is 4.34. The number of nitrogens with one attached hydrogen (secondary N) is 2. The zero-order valence-corrected chi connectivity index (χ0v) is 17.9. The summed E-state index contributed by atoms with van der Waals surface area (Å²) in [6, 6.07) is 11.4. The molecule has 150 valence electrons. The van der Waals surface area contributed by atoms with E-state index in [2.05, 4.69) is 30.5 Å². The number of carbonyl (C=O) groups is 1. The fourth-order valence-electron chi connectivity index (χ4n) is 2.59. The van der Waals surface area contributed by atoms with E-state index < -0.39 is 0 Å². The Labute approximate surface area is 172 Å². The van der Waals surface area contributed by atoms with Gasteiger partial charge in [-0.3, -0.25) is 0 Å². The topological polar surface area (TPSA) is 59.6 Å². The third-order valence-corrected chi connectivity index (χ3v) is 4.56. The van der Waals surface area contributed by atoms with Crippen molar-refractivity contribution < 1.29 is 14.3 Å². The van der Waals surface area contributed by atoms with Crippen LogP contribution in [0.15, 0.2) is 36.4 Å². The summed E-state index contributed by atoms with van der Waals surface area (Å²) in [5, 5.41) is 6.88. The highest BCUT2D eigenvalue weighted by atomic mass is 32.1. The molecule has 28 heavy (non-hydrogen) atoms. The molecule has 6 heteroatoms. The van der Waals surface area contributed by atoms with Crippen molar-refractivity contribution in [1.82, 2.24) is 5.32 Å². The number of anilines is 1. The van der Waals surface area contributed by atoms with E-state index in [1.165, 1.54) is 11.1 Å². The first kappa shape index (κ1) is 21.7. The van der Waals surface area contributed by atoms with E-state index >= 15 is 0 Å². The standard InChI is InChI=1S/C22H28N2O3S/c1-6-26-21(25)18-8-10-20(16(4)11-18)24-22(28)23-17(5)13-27-19-9-7-14(2)15(3)12-19/h7-12,17H,6,13H2,1-5H3,(H2,23,24,28)/t17-/m1/s1. The van der Waals surface area contributed by atoms with Gasteiger partial charge >= 0.3 is 5.97 Å². The van der Waals surface area contributed by atoms with Crippen LogP contribution in [0.1, 0.15) is 40.9 Å². The Morgan fingerprint density at radius 3 is 2.46 bits per heavy atom. The van der Waals surface area contributed by atoms with Gasteiger partial charge in [0, 0.05) is 5.69 Å². The first-order valence-electron chi connectivity index (χ1n) is 9.35. The van der Waals surface area contributed by atoms with Gasteiger partial charge in [-0.25, -0.2) is 4.79 Å². The molecule has 2 aromatic carbocycles. The number of rotatable bonds is 7. The minimum atomic E-state index is -0.324. The van der Waals surface area contributed by atoms with Crippen molar-refractivity contribution in [2.24, 2.45) is 0 Å². The molecule has 0 aliphatic heterocycles. The van der Waals surface area contributed by atoms with Crippen molar-refractivity contribution in [3.8, 4) is 5.75 Å². The molecule has 0 radical (unpaired) electrons. The van der Waals surface area contributed by atoms with E-state index in [0.29, 0.717) is 23.9 Å². The van der Waals surface area contributed by atoms with Crippen LogP contribution in [0.25, 0.3) is 0 Å². The number of hydrogen-bond donors (Lipinski definition) is 2.